The third-order valence-corrected chi connectivity index (χ3v) is 4.25. The Balaban J connectivity index is 1.83. The second-order valence-electron chi connectivity index (χ2n) is 6.49. The van der Waals surface area contributed by atoms with Crippen molar-refractivity contribution in [2.45, 2.75) is 25.9 Å². The van der Waals surface area contributed by atoms with Crippen LogP contribution in [0.4, 0.5) is 0 Å². The van der Waals surface area contributed by atoms with Gasteiger partial charge in [-0.25, -0.2) is 0 Å². The molecule has 8 nitrogen and oxygen atoms in total. The van der Waals surface area contributed by atoms with E-state index in [9.17, 15) is 14.4 Å². The second kappa shape index (κ2) is 11.5. The summed E-state index contributed by atoms with van der Waals surface area (Å²) in [5.41, 5.74) is 1.59. The Morgan fingerprint density at radius 3 is 2.30 bits per heavy atom. The molecule has 8 heteroatoms. The Morgan fingerprint density at radius 2 is 1.67 bits per heavy atom. The summed E-state index contributed by atoms with van der Waals surface area (Å²) in [4.78, 5) is 35.6. The van der Waals surface area contributed by atoms with Gasteiger partial charge < -0.3 is 24.8 Å². The van der Waals surface area contributed by atoms with Crippen LogP contribution >= 0.6 is 0 Å². The Morgan fingerprint density at radius 1 is 0.967 bits per heavy atom. The topological polar surface area (TPSA) is 103 Å². The molecule has 0 spiro atoms. The summed E-state index contributed by atoms with van der Waals surface area (Å²) in [5, 5.41) is 5.40. The zero-order chi connectivity index (χ0) is 21.9. The Bertz CT molecular complexity index is 869. The van der Waals surface area contributed by atoms with Gasteiger partial charge in [0.2, 0.25) is 5.91 Å². The average molecular weight is 414 g/mol. The Hall–Kier alpha value is -3.55. The van der Waals surface area contributed by atoms with E-state index >= 15 is 0 Å². The lowest BCUT2D eigenvalue weighted by molar-refractivity contribution is -0.149. The van der Waals surface area contributed by atoms with Crippen molar-refractivity contribution in [1.82, 2.24) is 10.6 Å². The molecule has 0 saturated heterocycles. The minimum atomic E-state index is -0.584. The fourth-order valence-corrected chi connectivity index (χ4v) is 2.80. The van der Waals surface area contributed by atoms with Gasteiger partial charge in [-0.05, 0) is 23.3 Å². The first-order valence-corrected chi connectivity index (χ1v) is 9.38. The summed E-state index contributed by atoms with van der Waals surface area (Å²) in [5.74, 6) is -0.133. The summed E-state index contributed by atoms with van der Waals surface area (Å²) in [6.45, 7) is 1.21. The van der Waals surface area contributed by atoms with Crippen LogP contribution in [0.5, 0.6) is 11.5 Å². The fourth-order valence-electron chi connectivity index (χ4n) is 2.80. The number of methoxy groups -OCH3 is 2. The maximum atomic E-state index is 12.2. The number of ether oxygens (including phenoxy) is 3. The highest BCUT2D eigenvalue weighted by molar-refractivity contribution is 5.81. The number of hydrogen-bond donors (Lipinski definition) is 2. The minimum Gasteiger partial charge on any atom is -0.493 e. The van der Waals surface area contributed by atoms with Crippen LogP contribution in [0.2, 0.25) is 0 Å². The highest BCUT2D eigenvalue weighted by Crippen LogP contribution is 2.27. The van der Waals surface area contributed by atoms with E-state index < -0.39 is 24.5 Å². The van der Waals surface area contributed by atoms with Crippen LogP contribution in [0, 0.1) is 0 Å². The number of carbonyl (C=O) groups excluding carboxylic acids is 3. The van der Waals surface area contributed by atoms with E-state index in [0.717, 1.165) is 11.1 Å². The Kier molecular flexibility index (Phi) is 8.68. The highest BCUT2D eigenvalue weighted by Gasteiger charge is 2.18. The standard InChI is InChI=1S/C22H26N2O6/c1-15(25)24-18(17-7-5-4-6-8-17)12-22(27)30-14-21(26)23-13-16-9-10-19(28-2)20(11-16)29-3/h4-11,18H,12-14H2,1-3H3,(H,23,26)(H,24,25)/t18-/m0/s1. The summed E-state index contributed by atoms with van der Waals surface area (Å²) in [7, 11) is 3.07. The van der Waals surface area contributed by atoms with Crippen LogP contribution in [-0.2, 0) is 25.7 Å². The van der Waals surface area contributed by atoms with Gasteiger partial charge in [0.25, 0.3) is 5.91 Å². The molecular weight excluding hydrogens is 388 g/mol. The maximum absolute atomic E-state index is 12.2. The van der Waals surface area contributed by atoms with Crippen molar-refractivity contribution in [2.75, 3.05) is 20.8 Å². The molecule has 2 aromatic carbocycles. The molecule has 0 fully saturated rings. The molecule has 0 aliphatic carbocycles. The number of nitrogens with one attached hydrogen (secondary N) is 2. The first kappa shape index (κ1) is 22.7. The van der Waals surface area contributed by atoms with Gasteiger partial charge in [-0.1, -0.05) is 36.4 Å². The van der Waals surface area contributed by atoms with Gasteiger partial charge in [0.1, 0.15) is 0 Å². The van der Waals surface area contributed by atoms with Crippen molar-refractivity contribution < 1.29 is 28.6 Å². The largest absolute Gasteiger partial charge is 0.493 e. The molecule has 0 bridgehead atoms. The van der Waals surface area contributed by atoms with Gasteiger partial charge in [0.05, 0.1) is 26.7 Å². The quantitative estimate of drug-likeness (QED) is 0.578. The van der Waals surface area contributed by atoms with E-state index in [1.807, 2.05) is 30.3 Å². The molecule has 2 rings (SSSR count). The summed E-state index contributed by atoms with van der Waals surface area (Å²) < 4.78 is 15.5. The molecule has 0 heterocycles. The summed E-state index contributed by atoms with van der Waals surface area (Å²) in [6, 6.07) is 13.9. The van der Waals surface area contributed by atoms with Crippen molar-refractivity contribution in [3.63, 3.8) is 0 Å². The number of benzene rings is 2. The van der Waals surface area contributed by atoms with E-state index in [1.165, 1.54) is 14.0 Å². The lowest BCUT2D eigenvalue weighted by Crippen LogP contribution is -2.31. The molecular formula is C22H26N2O6. The molecule has 2 amide bonds. The molecule has 0 radical (unpaired) electrons. The molecule has 0 aliphatic rings. The molecule has 0 saturated carbocycles. The Labute approximate surface area is 175 Å². The van der Waals surface area contributed by atoms with E-state index in [1.54, 1.807) is 25.3 Å². The van der Waals surface area contributed by atoms with Gasteiger partial charge in [-0.2, -0.15) is 0 Å². The maximum Gasteiger partial charge on any atom is 0.308 e. The molecule has 0 aromatic heterocycles. The van der Waals surface area contributed by atoms with Crippen molar-refractivity contribution in [2.24, 2.45) is 0 Å². The summed E-state index contributed by atoms with van der Waals surface area (Å²) in [6.07, 6.45) is -0.0768. The third-order valence-electron chi connectivity index (χ3n) is 4.25. The molecule has 0 unspecified atom stereocenters. The van der Waals surface area contributed by atoms with E-state index in [-0.39, 0.29) is 18.9 Å². The van der Waals surface area contributed by atoms with Gasteiger partial charge in [0, 0.05) is 13.5 Å². The normalized spacial score (nSPS) is 11.2. The van der Waals surface area contributed by atoms with Crippen LogP contribution in [0.1, 0.15) is 30.5 Å². The first-order valence-electron chi connectivity index (χ1n) is 9.38. The monoisotopic (exact) mass is 414 g/mol. The smallest absolute Gasteiger partial charge is 0.308 e. The lowest BCUT2D eigenvalue weighted by atomic mass is 10.0. The fraction of sp³-hybridized carbons (Fsp3) is 0.318. The number of esters is 1. The SMILES string of the molecule is COc1ccc(CNC(=O)COC(=O)C[C@H](NC(C)=O)c2ccccc2)cc1OC. The van der Waals surface area contributed by atoms with Crippen LogP contribution < -0.4 is 20.1 Å². The third kappa shape index (κ3) is 7.12. The van der Waals surface area contributed by atoms with Gasteiger partial charge >= 0.3 is 5.97 Å². The molecule has 2 N–H and O–H groups in total. The lowest BCUT2D eigenvalue weighted by Gasteiger charge is -2.17. The van der Waals surface area contributed by atoms with Crippen LogP contribution in [0.25, 0.3) is 0 Å². The van der Waals surface area contributed by atoms with Crippen molar-refractivity contribution in [1.29, 1.82) is 0 Å². The molecule has 160 valence electrons. The minimum absolute atomic E-state index is 0.0768. The number of hydrogen-bond acceptors (Lipinski definition) is 6. The number of carbonyl (C=O) groups is 3. The molecule has 0 aliphatic heterocycles. The van der Waals surface area contributed by atoms with E-state index in [0.29, 0.717) is 11.5 Å². The van der Waals surface area contributed by atoms with E-state index in [2.05, 4.69) is 10.6 Å². The van der Waals surface area contributed by atoms with E-state index in [4.69, 9.17) is 14.2 Å². The molecule has 30 heavy (non-hydrogen) atoms. The zero-order valence-corrected chi connectivity index (χ0v) is 17.3. The number of amides is 2. The van der Waals surface area contributed by atoms with Crippen LogP contribution in [-0.4, -0.2) is 38.6 Å². The highest BCUT2D eigenvalue weighted by atomic mass is 16.5. The van der Waals surface area contributed by atoms with Crippen molar-refractivity contribution in [3.8, 4) is 11.5 Å². The first-order chi connectivity index (χ1) is 14.4. The van der Waals surface area contributed by atoms with Gasteiger partial charge in [-0.3, -0.25) is 14.4 Å². The van der Waals surface area contributed by atoms with Crippen molar-refractivity contribution in [3.05, 3.63) is 59.7 Å². The van der Waals surface area contributed by atoms with Crippen LogP contribution in [0.3, 0.4) is 0 Å². The van der Waals surface area contributed by atoms with Crippen LogP contribution in [0.15, 0.2) is 48.5 Å². The molecule has 2 aromatic rings. The molecule has 1 atom stereocenters. The van der Waals surface area contributed by atoms with Crippen molar-refractivity contribution >= 4 is 17.8 Å². The summed E-state index contributed by atoms with van der Waals surface area (Å²) >= 11 is 0. The zero-order valence-electron chi connectivity index (χ0n) is 17.3. The number of rotatable bonds is 10. The average Bonchev–Trinajstić information content (AvgIpc) is 2.75. The second-order valence-corrected chi connectivity index (χ2v) is 6.49. The van der Waals surface area contributed by atoms with Gasteiger partial charge in [0.15, 0.2) is 18.1 Å². The predicted molar refractivity (Wildman–Crippen MR) is 110 cm³/mol. The van der Waals surface area contributed by atoms with Gasteiger partial charge in [-0.15, -0.1) is 0 Å². The predicted octanol–water partition coefficient (Wildman–Crippen LogP) is 2.13.